The van der Waals surface area contributed by atoms with Gasteiger partial charge in [-0.15, -0.1) is 22.6 Å². The summed E-state index contributed by atoms with van der Waals surface area (Å²) in [4.78, 5) is 0. The molecule has 0 saturated heterocycles. The number of thioether (sulfide) groups is 1. The molecule has 0 aliphatic carbocycles. The van der Waals surface area contributed by atoms with Crippen LogP contribution in [0.25, 0.3) is 0 Å². The molecular formula is C10H17ClN6S. The van der Waals surface area contributed by atoms with E-state index >= 15 is 0 Å². The van der Waals surface area contributed by atoms with E-state index in [4.69, 9.17) is 5.73 Å². The third kappa shape index (κ3) is 3.24. The van der Waals surface area contributed by atoms with Gasteiger partial charge in [0, 0.05) is 38.2 Å². The predicted molar refractivity (Wildman–Crippen MR) is 73.8 cm³/mol. The van der Waals surface area contributed by atoms with Crippen molar-refractivity contribution in [3.05, 3.63) is 23.8 Å². The van der Waals surface area contributed by atoms with E-state index < -0.39 is 0 Å². The van der Waals surface area contributed by atoms with Crippen LogP contribution in [0.1, 0.15) is 11.5 Å². The molecule has 0 amide bonds. The fourth-order valence-electron chi connectivity index (χ4n) is 1.50. The second-order valence-electron chi connectivity index (χ2n) is 3.73. The van der Waals surface area contributed by atoms with Crippen LogP contribution in [0.5, 0.6) is 0 Å². The van der Waals surface area contributed by atoms with Gasteiger partial charge in [0.1, 0.15) is 5.82 Å². The molecular weight excluding hydrogens is 272 g/mol. The Labute approximate surface area is 116 Å². The number of nitrogens with zero attached hydrogens (tertiary/aromatic N) is 5. The Morgan fingerprint density at radius 1 is 1.33 bits per heavy atom. The highest BCUT2D eigenvalue weighted by molar-refractivity contribution is 7.98. The van der Waals surface area contributed by atoms with E-state index in [0.717, 1.165) is 23.2 Å². The quantitative estimate of drug-likeness (QED) is 0.823. The average Bonchev–Trinajstić information content (AvgIpc) is 2.86. The molecule has 0 aromatic carbocycles. The van der Waals surface area contributed by atoms with Crippen molar-refractivity contribution in [2.24, 2.45) is 19.8 Å². The number of hydrogen-bond donors (Lipinski definition) is 1. The van der Waals surface area contributed by atoms with E-state index in [0.29, 0.717) is 6.54 Å². The van der Waals surface area contributed by atoms with Crippen LogP contribution in [0.2, 0.25) is 0 Å². The Kier molecular flexibility index (Phi) is 5.64. The lowest BCUT2D eigenvalue weighted by molar-refractivity contribution is 0.721. The number of aromatic nitrogens is 5. The molecule has 0 aliphatic rings. The molecule has 0 unspecified atom stereocenters. The maximum atomic E-state index is 5.51. The molecule has 0 bridgehead atoms. The van der Waals surface area contributed by atoms with Crippen molar-refractivity contribution in [3.8, 4) is 0 Å². The van der Waals surface area contributed by atoms with Crippen LogP contribution in [0.15, 0.2) is 17.4 Å². The van der Waals surface area contributed by atoms with E-state index in [1.165, 1.54) is 5.69 Å². The highest BCUT2D eigenvalue weighted by atomic mass is 35.5. The van der Waals surface area contributed by atoms with E-state index in [1.807, 2.05) is 29.4 Å². The molecule has 2 heterocycles. The third-order valence-corrected chi connectivity index (χ3v) is 3.62. The van der Waals surface area contributed by atoms with Crippen LogP contribution in [0, 0.1) is 0 Å². The highest BCUT2D eigenvalue weighted by Crippen LogP contribution is 2.20. The van der Waals surface area contributed by atoms with Crippen LogP contribution in [0.4, 0.5) is 0 Å². The SMILES string of the molecule is Cl.Cn1nccc1CSc1nnc(CCN)n1C. The zero-order chi connectivity index (χ0) is 12.3. The second-order valence-corrected chi connectivity index (χ2v) is 4.67. The number of nitrogens with two attached hydrogens (primary N) is 1. The van der Waals surface area contributed by atoms with Crippen molar-refractivity contribution in [1.29, 1.82) is 0 Å². The normalized spacial score (nSPS) is 10.4. The van der Waals surface area contributed by atoms with Gasteiger partial charge in [0.15, 0.2) is 5.16 Å². The predicted octanol–water partition coefficient (Wildman–Crippen LogP) is 0.764. The average molecular weight is 289 g/mol. The highest BCUT2D eigenvalue weighted by Gasteiger charge is 2.09. The lowest BCUT2D eigenvalue weighted by Gasteiger charge is -2.03. The Bertz CT molecular complexity index is 494. The van der Waals surface area contributed by atoms with E-state index in [1.54, 1.807) is 18.0 Å². The first-order valence-electron chi connectivity index (χ1n) is 5.40. The van der Waals surface area contributed by atoms with Crippen LogP contribution >= 0.6 is 24.2 Å². The van der Waals surface area contributed by atoms with Crippen LogP contribution in [-0.4, -0.2) is 31.1 Å². The Morgan fingerprint density at radius 2 is 2.11 bits per heavy atom. The lowest BCUT2D eigenvalue weighted by atomic mass is 10.4. The van der Waals surface area contributed by atoms with Gasteiger partial charge < -0.3 is 10.3 Å². The summed E-state index contributed by atoms with van der Waals surface area (Å²) in [6.07, 6.45) is 2.56. The Balaban J connectivity index is 0.00000162. The number of aryl methyl sites for hydroxylation is 1. The first-order chi connectivity index (χ1) is 8.22. The summed E-state index contributed by atoms with van der Waals surface area (Å²) in [6, 6.07) is 2.00. The van der Waals surface area contributed by atoms with Gasteiger partial charge in [-0.05, 0) is 12.6 Å². The maximum absolute atomic E-state index is 5.51. The molecule has 100 valence electrons. The van der Waals surface area contributed by atoms with Gasteiger partial charge in [0.25, 0.3) is 0 Å². The van der Waals surface area contributed by atoms with Gasteiger partial charge in [-0.3, -0.25) is 4.68 Å². The van der Waals surface area contributed by atoms with Crippen LogP contribution in [0.3, 0.4) is 0 Å². The summed E-state index contributed by atoms with van der Waals surface area (Å²) in [5.41, 5.74) is 6.68. The smallest absolute Gasteiger partial charge is 0.191 e. The maximum Gasteiger partial charge on any atom is 0.191 e. The summed E-state index contributed by atoms with van der Waals surface area (Å²) in [5, 5.41) is 13.3. The molecule has 0 saturated carbocycles. The van der Waals surface area contributed by atoms with E-state index in [2.05, 4.69) is 15.3 Å². The van der Waals surface area contributed by atoms with Gasteiger partial charge >= 0.3 is 0 Å². The molecule has 6 nitrogen and oxygen atoms in total. The minimum Gasteiger partial charge on any atom is -0.330 e. The van der Waals surface area contributed by atoms with Gasteiger partial charge in [0.05, 0.1) is 0 Å². The minimum absolute atomic E-state index is 0. The zero-order valence-electron chi connectivity index (χ0n) is 10.4. The molecule has 2 N–H and O–H groups in total. The third-order valence-electron chi connectivity index (χ3n) is 2.56. The topological polar surface area (TPSA) is 74.6 Å². The largest absolute Gasteiger partial charge is 0.330 e. The van der Waals surface area contributed by atoms with Crippen molar-refractivity contribution in [2.45, 2.75) is 17.3 Å². The van der Waals surface area contributed by atoms with Crippen molar-refractivity contribution < 1.29 is 0 Å². The first kappa shape index (κ1) is 15.0. The summed E-state index contributed by atoms with van der Waals surface area (Å²) in [7, 11) is 3.91. The zero-order valence-corrected chi connectivity index (χ0v) is 12.0. The van der Waals surface area contributed by atoms with Crippen molar-refractivity contribution in [1.82, 2.24) is 24.5 Å². The molecule has 0 atom stereocenters. The Morgan fingerprint density at radius 3 is 2.72 bits per heavy atom. The van der Waals surface area contributed by atoms with Gasteiger partial charge in [-0.2, -0.15) is 5.10 Å². The Hall–Kier alpha value is -1.05. The van der Waals surface area contributed by atoms with Gasteiger partial charge in [0.2, 0.25) is 0 Å². The first-order valence-corrected chi connectivity index (χ1v) is 6.39. The number of hydrogen-bond acceptors (Lipinski definition) is 5. The molecule has 0 radical (unpaired) electrons. The van der Waals surface area contributed by atoms with Crippen molar-refractivity contribution in [2.75, 3.05) is 6.54 Å². The fraction of sp³-hybridized carbons (Fsp3) is 0.500. The minimum atomic E-state index is 0. The van der Waals surface area contributed by atoms with Crippen LogP contribution in [-0.2, 0) is 26.3 Å². The summed E-state index contributed by atoms with van der Waals surface area (Å²) in [6.45, 7) is 0.596. The molecule has 2 aromatic rings. The van der Waals surface area contributed by atoms with E-state index in [9.17, 15) is 0 Å². The van der Waals surface area contributed by atoms with Crippen molar-refractivity contribution in [3.63, 3.8) is 0 Å². The molecule has 18 heavy (non-hydrogen) atoms. The summed E-state index contributed by atoms with van der Waals surface area (Å²) < 4.78 is 3.86. The number of halogens is 1. The molecule has 2 aromatic heterocycles. The molecule has 2 rings (SSSR count). The standard InChI is InChI=1S/C10H16N6S.ClH/c1-15-9(3-5-11)13-14-10(15)17-7-8-4-6-12-16(8)2;/h4,6H,3,5,7,11H2,1-2H3;1H. The second kappa shape index (κ2) is 6.77. The van der Waals surface area contributed by atoms with Gasteiger partial charge in [-0.25, -0.2) is 0 Å². The summed E-state index contributed by atoms with van der Waals surface area (Å²) >= 11 is 1.65. The number of rotatable bonds is 5. The van der Waals surface area contributed by atoms with E-state index in [-0.39, 0.29) is 12.4 Å². The molecule has 0 spiro atoms. The van der Waals surface area contributed by atoms with Gasteiger partial charge in [-0.1, -0.05) is 11.8 Å². The lowest BCUT2D eigenvalue weighted by Crippen LogP contribution is -2.08. The molecule has 0 fully saturated rings. The van der Waals surface area contributed by atoms with Crippen molar-refractivity contribution >= 4 is 24.2 Å². The monoisotopic (exact) mass is 288 g/mol. The molecule has 0 aliphatic heterocycles. The molecule has 8 heteroatoms. The fourth-order valence-corrected chi connectivity index (χ4v) is 2.46. The summed E-state index contributed by atoms with van der Waals surface area (Å²) in [5.74, 6) is 1.77. The van der Waals surface area contributed by atoms with Crippen LogP contribution < -0.4 is 5.73 Å².